The molecular weight excluding hydrogens is 372 g/mol. The molecule has 1 aromatic heterocycles. The monoisotopic (exact) mass is 394 g/mol. The number of piperidine rings is 1. The van der Waals surface area contributed by atoms with Crippen LogP contribution < -0.4 is 10.6 Å². The second-order valence-electron chi connectivity index (χ2n) is 7.27. The molecule has 3 aromatic rings. The number of amides is 1. The summed E-state index contributed by atoms with van der Waals surface area (Å²) < 4.78 is 0. The van der Waals surface area contributed by atoms with E-state index in [2.05, 4.69) is 27.6 Å². The largest absolute Gasteiger partial charge is 0.355 e. The van der Waals surface area contributed by atoms with Gasteiger partial charge in [-0.25, -0.2) is 0 Å². The summed E-state index contributed by atoms with van der Waals surface area (Å²) in [6.45, 7) is 2.05. The summed E-state index contributed by atoms with van der Waals surface area (Å²) in [6, 6.07) is 15.4. The predicted molar refractivity (Wildman–Crippen MR) is 114 cm³/mol. The van der Waals surface area contributed by atoms with Crippen molar-refractivity contribution < 1.29 is 4.79 Å². The highest BCUT2D eigenvalue weighted by Crippen LogP contribution is 2.27. The summed E-state index contributed by atoms with van der Waals surface area (Å²) in [7, 11) is 2.12. The van der Waals surface area contributed by atoms with Gasteiger partial charge in [-0.3, -0.25) is 9.78 Å². The quantitative estimate of drug-likeness (QED) is 0.686. The van der Waals surface area contributed by atoms with Crippen LogP contribution >= 0.6 is 11.6 Å². The fourth-order valence-corrected chi connectivity index (χ4v) is 3.68. The summed E-state index contributed by atoms with van der Waals surface area (Å²) in [5.41, 5.74) is 3.38. The zero-order chi connectivity index (χ0) is 19.5. The molecule has 1 amide bonds. The number of carbonyl (C=O) groups excluding carboxylic acids is 1. The molecule has 144 valence electrons. The van der Waals surface area contributed by atoms with Crippen molar-refractivity contribution in [2.45, 2.75) is 18.9 Å². The average molecular weight is 395 g/mol. The molecular formula is C22H23ClN4O. The lowest BCUT2D eigenvalue weighted by molar-refractivity contribution is 0.0917. The first kappa shape index (κ1) is 18.7. The van der Waals surface area contributed by atoms with Crippen LogP contribution in [-0.2, 0) is 0 Å². The van der Waals surface area contributed by atoms with E-state index in [9.17, 15) is 4.79 Å². The fraction of sp³-hybridized carbons (Fsp3) is 0.273. The smallest absolute Gasteiger partial charge is 0.251 e. The lowest BCUT2D eigenvalue weighted by Crippen LogP contribution is -2.43. The Kier molecular flexibility index (Phi) is 5.46. The van der Waals surface area contributed by atoms with Crippen LogP contribution in [0.4, 0.5) is 11.4 Å². The number of pyridine rings is 1. The van der Waals surface area contributed by atoms with E-state index in [1.165, 1.54) is 0 Å². The second-order valence-corrected chi connectivity index (χ2v) is 7.71. The van der Waals surface area contributed by atoms with E-state index >= 15 is 0 Å². The van der Waals surface area contributed by atoms with Gasteiger partial charge in [-0.2, -0.15) is 0 Å². The van der Waals surface area contributed by atoms with Crippen molar-refractivity contribution in [2.75, 3.05) is 25.5 Å². The number of halogens is 1. The highest BCUT2D eigenvalue weighted by molar-refractivity contribution is 6.31. The number of likely N-dealkylation sites (tertiary alicyclic amines) is 1. The molecule has 0 spiro atoms. The number of anilines is 2. The second kappa shape index (κ2) is 8.17. The average Bonchev–Trinajstić information content (AvgIpc) is 2.70. The number of nitrogens with one attached hydrogen (secondary N) is 2. The van der Waals surface area contributed by atoms with Gasteiger partial charge in [-0.15, -0.1) is 0 Å². The molecule has 1 aliphatic heterocycles. The number of fused-ring (bicyclic) bond motifs is 1. The lowest BCUT2D eigenvalue weighted by atomic mass is 10.0. The third-order valence-corrected chi connectivity index (χ3v) is 5.42. The van der Waals surface area contributed by atoms with E-state index in [-0.39, 0.29) is 11.9 Å². The molecule has 6 heteroatoms. The van der Waals surface area contributed by atoms with Crippen LogP contribution in [0, 0.1) is 0 Å². The third-order valence-electron chi connectivity index (χ3n) is 5.18. The molecule has 0 atom stereocenters. The number of aromatic nitrogens is 1. The Morgan fingerprint density at radius 3 is 2.61 bits per heavy atom. The number of hydrogen-bond donors (Lipinski definition) is 2. The first-order valence-corrected chi connectivity index (χ1v) is 9.87. The summed E-state index contributed by atoms with van der Waals surface area (Å²) in [6.07, 6.45) is 3.76. The highest BCUT2D eigenvalue weighted by Gasteiger charge is 2.19. The molecule has 28 heavy (non-hydrogen) atoms. The Labute approximate surface area is 169 Å². The Morgan fingerprint density at radius 2 is 1.86 bits per heavy atom. The van der Waals surface area contributed by atoms with Crippen molar-refractivity contribution in [1.29, 1.82) is 0 Å². The Hall–Kier alpha value is -2.63. The van der Waals surface area contributed by atoms with Crippen LogP contribution in [-0.4, -0.2) is 42.0 Å². The number of rotatable bonds is 4. The summed E-state index contributed by atoms with van der Waals surface area (Å²) >= 11 is 6.05. The highest BCUT2D eigenvalue weighted by atomic mass is 35.5. The normalized spacial score (nSPS) is 15.5. The molecule has 2 N–H and O–H groups in total. The van der Waals surface area contributed by atoms with Gasteiger partial charge in [0, 0.05) is 39.6 Å². The number of carbonyl (C=O) groups is 1. The molecule has 0 aliphatic carbocycles. The van der Waals surface area contributed by atoms with Gasteiger partial charge in [0.05, 0.1) is 5.52 Å². The number of hydrogen-bond acceptors (Lipinski definition) is 4. The topological polar surface area (TPSA) is 57.3 Å². The zero-order valence-electron chi connectivity index (χ0n) is 15.8. The standard InChI is InChI=1S/C22H23ClN4O/c1-27-12-9-18(10-13-27)26-22(28)15-2-5-17(6-3-15)25-20-8-11-24-21-14-16(23)4-7-19(20)21/h2-8,11,14,18H,9-10,12-13H2,1H3,(H,24,25)(H,26,28). The van der Waals surface area contributed by atoms with Gasteiger partial charge in [0.25, 0.3) is 5.91 Å². The molecule has 0 unspecified atom stereocenters. The Morgan fingerprint density at radius 1 is 1.11 bits per heavy atom. The van der Waals surface area contributed by atoms with Gasteiger partial charge in [0.1, 0.15) is 0 Å². The molecule has 1 aliphatic rings. The van der Waals surface area contributed by atoms with E-state index in [4.69, 9.17) is 11.6 Å². The minimum atomic E-state index is -0.00916. The molecule has 4 rings (SSSR count). The Bertz CT molecular complexity index is 981. The van der Waals surface area contributed by atoms with E-state index in [1.54, 1.807) is 6.20 Å². The maximum Gasteiger partial charge on any atom is 0.251 e. The van der Waals surface area contributed by atoms with Crippen molar-refractivity contribution in [3.8, 4) is 0 Å². The molecule has 0 radical (unpaired) electrons. The van der Waals surface area contributed by atoms with E-state index in [1.807, 2.05) is 48.5 Å². The van der Waals surface area contributed by atoms with Crippen LogP contribution in [0.15, 0.2) is 54.7 Å². The minimum absolute atomic E-state index is 0.00916. The fourth-order valence-electron chi connectivity index (χ4n) is 3.51. The molecule has 5 nitrogen and oxygen atoms in total. The van der Waals surface area contributed by atoms with Gasteiger partial charge in [-0.05, 0) is 81.5 Å². The molecule has 2 aromatic carbocycles. The van der Waals surface area contributed by atoms with E-state index in [0.29, 0.717) is 10.6 Å². The van der Waals surface area contributed by atoms with Gasteiger partial charge in [0.15, 0.2) is 0 Å². The van der Waals surface area contributed by atoms with Crippen LogP contribution in [0.25, 0.3) is 10.9 Å². The van der Waals surface area contributed by atoms with Gasteiger partial charge in [-0.1, -0.05) is 11.6 Å². The van der Waals surface area contributed by atoms with Crippen molar-refractivity contribution in [3.63, 3.8) is 0 Å². The molecule has 2 heterocycles. The van der Waals surface area contributed by atoms with Crippen molar-refractivity contribution >= 4 is 39.8 Å². The summed E-state index contributed by atoms with van der Waals surface area (Å²) in [5, 5.41) is 8.21. The van der Waals surface area contributed by atoms with Crippen molar-refractivity contribution in [1.82, 2.24) is 15.2 Å². The zero-order valence-corrected chi connectivity index (χ0v) is 16.5. The number of benzene rings is 2. The first-order valence-electron chi connectivity index (χ1n) is 9.49. The molecule has 0 bridgehead atoms. The Balaban J connectivity index is 1.44. The first-order chi connectivity index (χ1) is 13.6. The maximum absolute atomic E-state index is 12.5. The third kappa shape index (κ3) is 4.26. The van der Waals surface area contributed by atoms with E-state index < -0.39 is 0 Å². The van der Waals surface area contributed by atoms with Crippen LogP contribution in [0.2, 0.25) is 5.02 Å². The van der Waals surface area contributed by atoms with Crippen LogP contribution in [0.1, 0.15) is 23.2 Å². The van der Waals surface area contributed by atoms with Gasteiger partial charge < -0.3 is 15.5 Å². The minimum Gasteiger partial charge on any atom is -0.355 e. The van der Waals surface area contributed by atoms with Crippen molar-refractivity contribution in [3.05, 3.63) is 65.3 Å². The van der Waals surface area contributed by atoms with Crippen molar-refractivity contribution in [2.24, 2.45) is 0 Å². The summed E-state index contributed by atoms with van der Waals surface area (Å²) in [4.78, 5) is 19.2. The van der Waals surface area contributed by atoms with Gasteiger partial charge in [0.2, 0.25) is 0 Å². The van der Waals surface area contributed by atoms with E-state index in [0.717, 1.165) is 48.2 Å². The molecule has 1 fully saturated rings. The maximum atomic E-state index is 12.5. The SMILES string of the molecule is CN1CCC(NC(=O)c2ccc(Nc3ccnc4cc(Cl)ccc34)cc2)CC1. The van der Waals surface area contributed by atoms with Crippen LogP contribution in [0.5, 0.6) is 0 Å². The van der Waals surface area contributed by atoms with Gasteiger partial charge >= 0.3 is 0 Å². The van der Waals surface area contributed by atoms with Crippen LogP contribution in [0.3, 0.4) is 0 Å². The number of nitrogens with zero attached hydrogens (tertiary/aromatic N) is 2. The molecule has 0 saturated carbocycles. The lowest BCUT2D eigenvalue weighted by Gasteiger charge is -2.29. The predicted octanol–water partition coefficient (Wildman–Crippen LogP) is 4.46. The molecule has 1 saturated heterocycles. The summed E-state index contributed by atoms with van der Waals surface area (Å²) in [5.74, 6) is -0.00916.